The van der Waals surface area contributed by atoms with Crippen LogP contribution in [0.25, 0.3) is 0 Å². The van der Waals surface area contributed by atoms with Gasteiger partial charge in [-0.3, -0.25) is 10.00 Å². The number of aromatic nitrogens is 4. The number of pyridine rings is 1. The lowest BCUT2D eigenvalue weighted by atomic mass is 10.2. The number of hydrogen-bond donors (Lipinski definition) is 1. The van der Waals surface area contributed by atoms with Crippen LogP contribution in [0.15, 0.2) is 18.3 Å². The van der Waals surface area contributed by atoms with E-state index < -0.39 is 0 Å². The number of H-pyrrole nitrogens is 1. The average molecular weight is 416 g/mol. The predicted octanol–water partition coefficient (Wildman–Crippen LogP) is 1.46. The summed E-state index contributed by atoms with van der Waals surface area (Å²) in [6, 6.07) is 4.03. The largest absolute Gasteiger partial charge is 0.481 e. The SMILES string of the molecule is COc1cc(CN2CCN(c3n[nH]c(C)n3)CC2)ccn1.I. The van der Waals surface area contributed by atoms with Gasteiger partial charge in [0.1, 0.15) is 5.82 Å². The number of aromatic amines is 1. The first-order chi connectivity index (χ1) is 10.2. The van der Waals surface area contributed by atoms with E-state index in [2.05, 4.69) is 30.0 Å². The lowest BCUT2D eigenvalue weighted by Gasteiger charge is -2.34. The molecule has 1 aliphatic rings. The second kappa shape index (κ2) is 7.73. The van der Waals surface area contributed by atoms with Crippen LogP contribution in [0.4, 0.5) is 5.95 Å². The van der Waals surface area contributed by atoms with Crippen LogP contribution in [0, 0.1) is 6.92 Å². The number of aryl methyl sites for hydroxylation is 1. The molecular formula is C14H21IN6O. The molecule has 2 aromatic rings. The molecule has 0 atom stereocenters. The molecule has 0 spiro atoms. The van der Waals surface area contributed by atoms with Crippen LogP contribution in [0.2, 0.25) is 0 Å². The molecule has 1 N–H and O–H groups in total. The first-order valence-electron chi connectivity index (χ1n) is 7.10. The van der Waals surface area contributed by atoms with E-state index in [9.17, 15) is 0 Å². The topological polar surface area (TPSA) is 70.2 Å². The molecule has 120 valence electrons. The molecule has 0 amide bonds. The number of nitrogens with one attached hydrogen (secondary N) is 1. The molecule has 8 heteroatoms. The van der Waals surface area contributed by atoms with Crippen LogP contribution in [0.3, 0.4) is 0 Å². The van der Waals surface area contributed by atoms with E-state index in [0.717, 1.165) is 44.5 Å². The third kappa shape index (κ3) is 4.07. The van der Waals surface area contributed by atoms with Gasteiger partial charge in [-0.05, 0) is 18.6 Å². The first-order valence-corrected chi connectivity index (χ1v) is 7.10. The lowest BCUT2D eigenvalue weighted by molar-refractivity contribution is 0.248. The van der Waals surface area contributed by atoms with Crippen molar-refractivity contribution in [1.29, 1.82) is 0 Å². The van der Waals surface area contributed by atoms with E-state index in [0.29, 0.717) is 5.88 Å². The summed E-state index contributed by atoms with van der Waals surface area (Å²) in [6.45, 7) is 6.72. The monoisotopic (exact) mass is 416 g/mol. The summed E-state index contributed by atoms with van der Waals surface area (Å²) >= 11 is 0. The summed E-state index contributed by atoms with van der Waals surface area (Å²) in [5.41, 5.74) is 1.23. The van der Waals surface area contributed by atoms with Gasteiger partial charge in [-0.25, -0.2) is 4.98 Å². The third-order valence-electron chi connectivity index (χ3n) is 3.66. The lowest BCUT2D eigenvalue weighted by Crippen LogP contribution is -2.46. The van der Waals surface area contributed by atoms with Crippen molar-refractivity contribution in [2.45, 2.75) is 13.5 Å². The molecule has 0 radical (unpaired) electrons. The van der Waals surface area contributed by atoms with Gasteiger partial charge in [-0.15, -0.1) is 29.1 Å². The van der Waals surface area contributed by atoms with E-state index >= 15 is 0 Å². The van der Waals surface area contributed by atoms with Gasteiger partial charge in [0.15, 0.2) is 0 Å². The molecule has 1 fully saturated rings. The van der Waals surface area contributed by atoms with Crippen molar-refractivity contribution in [2.75, 3.05) is 38.2 Å². The summed E-state index contributed by atoms with van der Waals surface area (Å²) < 4.78 is 5.16. The molecule has 22 heavy (non-hydrogen) atoms. The quantitative estimate of drug-likeness (QED) is 0.762. The normalized spacial score (nSPS) is 15.5. The molecule has 2 aromatic heterocycles. The van der Waals surface area contributed by atoms with Crippen LogP contribution in [-0.2, 0) is 6.54 Å². The van der Waals surface area contributed by atoms with Gasteiger partial charge in [0.25, 0.3) is 0 Å². The maximum Gasteiger partial charge on any atom is 0.244 e. The fraction of sp³-hybridized carbons (Fsp3) is 0.500. The summed E-state index contributed by atoms with van der Waals surface area (Å²) in [4.78, 5) is 13.2. The molecule has 0 unspecified atom stereocenters. The third-order valence-corrected chi connectivity index (χ3v) is 3.66. The summed E-state index contributed by atoms with van der Waals surface area (Å²) in [5.74, 6) is 2.33. The van der Waals surface area contributed by atoms with Crippen LogP contribution in [-0.4, -0.2) is 58.4 Å². The fourth-order valence-corrected chi connectivity index (χ4v) is 2.50. The zero-order valence-electron chi connectivity index (χ0n) is 12.8. The van der Waals surface area contributed by atoms with Crippen LogP contribution >= 0.6 is 24.0 Å². The molecule has 0 aliphatic carbocycles. The Balaban J connectivity index is 0.00000176. The van der Waals surface area contributed by atoms with Gasteiger partial charge in [0.2, 0.25) is 11.8 Å². The zero-order valence-corrected chi connectivity index (χ0v) is 15.2. The molecule has 0 bridgehead atoms. The van der Waals surface area contributed by atoms with Gasteiger partial charge in [-0.1, -0.05) is 0 Å². The number of rotatable bonds is 4. The van der Waals surface area contributed by atoms with Crippen LogP contribution < -0.4 is 9.64 Å². The second-order valence-electron chi connectivity index (χ2n) is 5.19. The van der Waals surface area contributed by atoms with Gasteiger partial charge < -0.3 is 9.64 Å². The Labute approximate surface area is 147 Å². The Hall–Kier alpha value is -1.42. The molecule has 1 saturated heterocycles. The van der Waals surface area contributed by atoms with Crippen molar-refractivity contribution in [3.63, 3.8) is 0 Å². The molecule has 3 heterocycles. The van der Waals surface area contributed by atoms with E-state index in [1.54, 1.807) is 13.3 Å². The zero-order chi connectivity index (χ0) is 14.7. The van der Waals surface area contributed by atoms with Gasteiger partial charge in [0.05, 0.1) is 7.11 Å². The standard InChI is InChI=1S/C14H20N6O.HI/c1-11-16-14(18-17-11)20-7-5-19(6-8-20)10-12-3-4-15-13(9-12)21-2;/h3-4,9H,5-8,10H2,1-2H3,(H,16,17,18);1H. The molecular weight excluding hydrogens is 395 g/mol. The Morgan fingerprint density at radius 3 is 2.68 bits per heavy atom. The average Bonchev–Trinajstić information content (AvgIpc) is 2.95. The predicted molar refractivity (Wildman–Crippen MR) is 94.8 cm³/mol. The van der Waals surface area contributed by atoms with E-state index in [1.807, 2.05) is 19.1 Å². The number of nitrogens with zero attached hydrogens (tertiary/aromatic N) is 5. The number of methoxy groups -OCH3 is 1. The molecule has 1 aliphatic heterocycles. The van der Waals surface area contributed by atoms with Crippen molar-refractivity contribution in [3.05, 3.63) is 29.7 Å². The van der Waals surface area contributed by atoms with Crippen molar-refractivity contribution >= 4 is 29.9 Å². The summed E-state index contributed by atoms with van der Waals surface area (Å²) in [5, 5.41) is 7.11. The number of anilines is 1. The highest BCUT2D eigenvalue weighted by atomic mass is 127. The minimum absolute atomic E-state index is 0. The minimum atomic E-state index is 0. The molecule has 0 aromatic carbocycles. The number of piperazine rings is 1. The summed E-state index contributed by atoms with van der Waals surface area (Å²) in [6.07, 6.45) is 1.79. The highest BCUT2D eigenvalue weighted by Gasteiger charge is 2.19. The highest BCUT2D eigenvalue weighted by molar-refractivity contribution is 14.0. The highest BCUT2D eigenvalue weighted by Crippen LogP contribution is 2.15. The maximum absolute atomic E-state index is 5.16. The Morgan fingerprint density at radius 1 is 1.27 bits per heavy atom. The minimum Gasteiger partial charge on any atom is -0.481 e. The van der Waals surface area contributed by atoms with Crippen molar-refractivity contribution < 1.29 is 4.74 Å². The van der Waals surface area contributed by atoms with Gasteiger partial charge in [-0.2, -0.15) is 4.98 Å². The van der Waals surface area contributed by atoms with Crippen molar-refractivity contribution in [2.24, 2.45) is 0 Å². The first kappa shape index (κ1) is 16.9. The number of halogens is 1. The van der Waals surface area contributed by atoms with E-state index in [4.69, 9.17) is 4.74 Å². The fourth-order valence-electron chi connectivity index (χ4n) is 2.50. The van der Waals surface area contributed by atoms with Crippen LogP contribution in [0.1, 0.15) is 11.4 Å². The number of ether oxygens (including phenoxy) is 1. The molecule has 7 nitrogen and oxygen atoms in total. The molecule has 0 saturated carbocycles. The van der Waals surface area contributed by atoms with E-state index in [-0.39, 0.29) is 24.0 Å². The maximum atomic E-state index is 5.16. The van der Waals surface area contributed by atoms with Crippen molar-refractivity contribution in [1.82, 2.24) is 25.1 Å². The van der Waals surface area contributed by atoms with Crippen LogP contribution in [0.5, 0.6) is 5.88 Å². The Bertz CT molecular complexity index is 597. The number of hydrogen-bond acceptors (Lipinski definition) is 6. The Kier molecular flexibility index (Phi) is 5.95. The van der Waals surface area contributed by atoms with Crippen molar-refractivity contribution in [3.8, 4) is 5.88 Å². The van der Waals surface area contributed by atoms with Gasteiger partial charge >= 0.3 is 0 Å². The van der Waals surface area contributed by atoms with E-state index in [1.165, 1.54) is 5.56 Å². The second-order valence-corrected chi connectivity index (χ2v) is 5.19. The smallest absolute Gasteiger partial charge is 0.244 e. The summed E-state index contributed by atoms with van der Waals surface area (Å²) in [7, 11) is 1.64. The Morgan fingerprint density at radius 2 is 2.05 bits per heavy atom. The van der Waals surface area contributed by atoms with Gasteiger partial charge in [0, 0.05) is 45.0 Å². The molecule has 3 rings (SSSR count).